The van der Waals surface area contributed by atoms with Gasteiger partial charge in [-0.05, 0) is 55.0 Å². The Morgan fingerprint density at radius 1 is 1.13 bits per heavy atom. The lowest BCUT2D eigenvalue weighted by Gasteiger charge is -2.27. The third kappa shape index (κ3) is 3.83. The summed E-state index contributed by atoms with van der Waals surface area (Å²) >= 11 is 0. The van der Waals surface area contributed by atoms with Crippen LogP contribution in [-0.2, 0) is 16.1 Å². The molecular weight excluding hydrogens is 394 g/mol. The van der Waals surface area contributed by atoms with Gasteiger partial charge in [-0.25, -0.2) is 4.90 Å². The van der Waals surface area contributed by atoms with Crippen LogP contribution in [-0.4, -0.2) is 28.7 Å². The molecule has 4 rings (SSSR count). The fraction of sp³-hybridized carbons (Fsp3) is 0.167. The summed E-state index contributed by atoms with van der Waals surface area (Å²) in [6.45, 7) is 1.88. The van der Waals surface area contributed by atoms with Crippen LogP contribution in [0.25, 0.3) is 0 Å². The second kappa shape index (κ2) is 8.28. The molecule has 0 bridgehead atoms. The zero-order chi connectivity index (χ0) is 22.0. The number of nitrogens with zero attached hydrogens (tertiary/aromatic N) is 3. The van der Waals surface area contributed by atoms with Gasteiger partial charge in [-0.1, -0.05) is 18.2 Å². The summed E-state index contributed by atoms with van der Waals surface area (Å²) in [6.07, 6.45) is 1.37. The first kappa shape index (κ1) is 20.1. The minimum absolute atomic E-state index is 0.0606. The largest absolute Gasteiger partial charge is 0.467 e. The molecule has 1 aromatic heterocycles. The molecule has 3 amide bonds. The number of carbonyl (C=O) groups excluding carboxylic acids is 3. The van der Waals surface area contributed by atoms with Gasteiger partial charge in [0.2, 0.25) is 5.91 Å². The molecule has 1 atom stereocenters. The lowest BCUT2D eigenvalue weighted by Crippen LogP contribution is -2.45. The number of imide groups is 1. The third-order valence-corrected chi connectivity index (χ3v) is 5.30. The van der Waals surface area contributed by atoms with Crippen molar-refractivity contribution in [1.82, 2.24) is 4.90 Å². The van der Waals surface area contributed by atoms with E-state index in [2.05, 4.69) is 0 Å². The smallest absolute Gasteiger partial charge is 0.257 e. The van der Waals surface area contributed by atoms with Gasteiger partial charge in [-0.3, -0.25) is 14.4 Å². The summed E-state index contributed by atoms with van der Waals surface area (Å²) in [5.74, 6) is -0.716. The summed E-state index contributed by atoms with van der Waals surface area (Å²) < 4.78 is 5.40. The fourth-order valence-corrected chi connectivity index (χ4v) is 3.68. The maximum atomic E-state index is 13.4. The Hall–Kier alpha value is -4.18. The van der Waals surface area contributed by atoms with Crippen LogP contribution in [0.5, 0.6) is 0 Å². The van der Waals surface area contributed by atoms with E-state index in [9.17, 15) is 14.4 Å². The Morgan fingerprint density at radius 3 is 2.52 bits per heavy atom. The monoisotopic (exact) mass is 413 g/mol. The van der Waals surface area contributed by atoms with E-state index in [1.165, 1.54) is 11.2 Å². The van der Waals surface area contributed by atoms with E-state index in [0.717, 1.165) is 10.5 Å². The molecule has 0 radical (unpaired) electrons. The van der Waals surface area contributed by atoms with Gasteiger partial charge in [0.25, 0.3) is 11.8 Å². The molecular formula is C24H19N3O4. The van der Waals surface area contributed by atoms with Crippen LogP contribution in [0.1, 0.15) is 33.7 Å². The van der Waals surface area contributed by atoms with E-state index >= 15 is 0 Å². The van der Waals surface area contributed by atoms with Gasteiger partial charge in [0, 0.05) is 5.56 Å². The third-order valence-electron chi connectivity index (χ3n) is 5.30. The van der Waals surface area contributed by atoms with E-state index in [1.807, 2.05) is 25.1 Å². The molecule has 7 heteroatoms. The van der Waals surface area contributed by atoms with Gasteiger partial charge < -0.3 is 9.32 Å². The molecule has 154 valence electrons. The van der Waals surface area contributed by atoms with Crippen LogP contribution in [0.3, 0.4) is 0 Å². The molecule has 7 nitrogen and oxygen atoms in total. The van der Waals surface area contributed by atoms with Crippen LogP contribution in [0.4, 0.5) is 5.69 Å². The number of benzene rings is 2. The number of rotatable bonds is 5. The van der Waals surface area contributed by atoms with Gasteiger partial charge in [0.1, 0.15) is 11.8 Å². The summed E-state index contributed by atoms with van der Waals surface area (Å²) in [7, 11) is 0. The second-order valence-corrected chi connectivity index (χ2v) is 7.27. The normalized spacial score (nSPS) is 15.7. The molecule has 1 aliphatic rings. The van der Waals surface area contributed by atoms with E-state index in [1.54, 1.807) is 48.5 Å². The SMILES string of the molecule is Cc1ccccc1C(=O)N(Cc1ccco1)C1CC(=O)N(c2ccc(C#N)cc2)C1=O. The highest BCUT2D eigenvalue weighted by molar-refractivity contribution is 6.23. The molecule has 0 spiro atoms. The zero-order valence-corrected chi connectivity index (χ0v) is 16.8. The predicted molar refractivity (Wildman–Crippen MR) is 112 cm³/mol. The van der Waals surface area contributed by atoms with Crippen LogP contribution in [0, 0.1) is 18.3 Å². The van der Waals surface area contributed by atoms with Crippen LogP contribution < -0.4 is 4.90 Å². The van der Waals surface area contributed by atoms with Crippen molar-refractivity contribution in [3.8, 4) is 6.07 Å². The molecule has 31 heavy (non-hydrogen) atoms. The summed E-state index contributed by atoms with van der Waals surface area (Å²) in [4.78, 5) is 41.9. The molecule has 1 fully saturated rings. The maximum Gasteiger partial charge on any atom is 0.257 e. The molecule has 1 unspecified atom stereocenters. The van der Waals surface area contributed by atoms with Crippen molar-refractivity contribution < 1.29 is 18.8 Å². The predicted octanol–water partition coefficient (Wildman–Crippen LogP) is 3.43. The van der Waals surface area contributed by atoms with Crippen molar-refractivity contribution >= 4 is 23.4 Å². The quantitative estimate of drug-likeness (QED) is 0.597. The topological polar surface area (TPSA) is 94.6 Å². The Bertz CT molecular complexity index is 1180. The van der Waals surface area contributed by atoms with Crippen molar-refractivity contribution in [2.75, 3.05) is 4.90 Å². The molecule has 0 saturated carbocycles. The lowest BCUT2D eigenvalue weighted by molar-refractivity contribution is -0.122. The first-order valence-electron chi connectivity index (χ1n) is 9.75. The van der Waals surface area contributed by atoms with E-state index in [-0.39, 0.29) is 18.9 Å². The number of amides is 3. The summed E-state index contributed by atoms with van der Waals surface area (Å²) in [6, 6.07) is 17.8. The molecule has 3 aromatic rings. The minimum Gasteiger partial charge on any atom is -0.467 e. The molecule has 1 aliphatic heterocycles. The summed E-state index contributed by atoms with van der Waals surface area (Å²) in [5.41, 5.74) is 2.04. The van der Waals surface area contributed by atoms with Crippen LogP contribution in [0.15, 0.2) is 71.3 Å². The number of nitriles is 1. The average molecular weight is 413 g/mol. The molecule has 2 aromatic carbocycles. The average Bonchev–Trinajstić information content (AvgIpc) is 3.39. The van der Waals surface area contributed by atoms with Crippen molar-refractivity contribution in [3.05, 3.63) is 89.4 Å². The van der Waals surface area contributed by atoms with Gasteiger partial charge >= 0.3 is 0 Å². The Morgan fingerprint density at radius 2 is 1.87 bits per heavy atom. The standard InChI is InChI=1S/C24H19N3O4/c1-16-5-2-3-7-20(16)23(29)26(15-19-6-4-12-31-19)21-13-22(28)27(24(21)30)18-10-8-17(14-25)9-11-18/h2-12,21H,13,15H2,1H3. The number of anilines is 1. The van der Waals surface area contributed by atoms with Crippen molar-refractivity contribution in [2.24, 2.45) is 0 Å². The highest BCUT2D eigenvalue weighted by Gasteiger charge is 2.44. The van der Waals surface area contributed by atoms with Gasteiger partial charge in [0.05, 0.1) is 36.5 Å². The maximum absolute atomic E-state index is 13.4. The number of carbonyl (C=O) groups is 3. The zero-order valence-electron chi connectivity index (χ0n) is 16.8. The minimum atomic E-state index is -0.958. The number of hydrogen-bond donors (Lipinski definition) is 0. The van der Waals surface area contributed by atoms with Crippen molar-refractivity contribution in [1.29, 1.82) is 5.26 Å². The Balaban J connectivity index is 1.68. The second-order valence-electron chi connectivity index (χ2n) is 7.27. The summed E-state index contributed by atoms with van der Waals surface area (Å²) in [5, 5.41) is 8.98. The van der Waals surface area contributed by atoms with Gasteiger partial charge in [0.15, 0.2) is 0 Å². The number of furan rings is 1. The first-order valence-corrected chi connectivity index (χ1v) is 9.75. The Kier molecular flexibility index (Phi) is 5.37. The molecule has 2 heterocycles. The van der Waals surface area contributed by atoms with E-state index < -0.39 is 17.9 Å². The van der Waals surface area contributed by atoms with Crippen LogP contribution >= 0.6 is 0 Å². The lowest BCUT2D eigenvalue weighted by atomic mass is 10.1. The molecule has 1 saturated heterocycles. The highest BCUT2D eigenvalue weighted by Crippen LogP contribution is 2.28. The number of hydrogen-bond acceptors (Lipinski definition) is 5. The fourth-order valence-electron chi connectivity index (χ4n) is 3.68. The van der Waals surface area contributed by atoms with Crippen molar-refractivity contribution in [3.63, 3.8) is 0 Å². The van der Waals surface area contributed by atoms with E-state index in [0.29, 0.717) is 22.6 Å². The van der Waals surface area contributed by atoms with Crippen molar-refractivity contribution in [2.45, 2.75) is 25.9 Å². The Labute approximate surface area is 179 Å². The number of aryl methyl sites for hydroxylation is 1. The molecule has 0 N–H and O–H groups in total. The van der Waals surface area contributed by atoms with E-state index in [4.69, 9.17) is 9.68 Å². The first-order chi connectivity index (χ1) is 15.0. The highest BCUT2D eigenvalue weighted by atomic mass is 16.3. The molecule has 0 aliphatic carbocycles. The van der Waals surface area contributed by atoms with Gasteiger partial charge in [-0.2, -0.15) is 5.26 Å². The van der Waals surface area contributed by atoms with Gasteiger partial charge in [-0.15, -0.1) is 0 Å². The van der Waals surface area contributed by atoms with Crippen LogP contribution in [0.2, 0.25) is 0 Å².